The Balaban J connectivity index is 2.21. The van der Waals surface area contributed by atoms with Crippen molar-refractivity contribution in [2.45, 2.75) is 0 Å². The molecule has 0 aliphatic heterocycles. The zero-order chi connectivity index (χ0) is 11.8. The monoisotopic (exact) mass is 291 g/mol. The number of fused-ring (bicyclic) bond motifs is 1. The van der Waals surface area contributed by atoms with Crippen LogP contribution in [0, 0.1) is 0 Å². The lowest BCUT2D eigenvalue weighted by Gasteiger charge is -2.01. The van der Waals surface area contributed by atoms with Crippen molar-refractivity contribution >= 4 is 33.0 Å². The molecule has 2 N–H and O–H groups in total. The van der Waals surface area contributed by atoms with Gasteiger partial charge >= 0.3 is 0 Å². The van der Waals surface area contributed by atoms with Crippen molar-refractivity contribution in [1.82, 2.24) is 29.7 Å². The molecule has 0 unspecified atom stereocenters. The minimum Gasteiger partial charge on any atom is -0.366 e. The van der Waals surface area contributed by atoms with Gasteiger partial charge in [-0.1, -0.05) is 0 Å². The second-order valence-corrected chi connectivity index (χ2v) is 3.93. The van der Waals surface area contributed by atoms with Crippen molar-refractivity contribution in [3.63, 3.8) is 0 Å². The van der Waals surface area contributed by atoms with Crippen molar-refractivity contribution in [1.29, 1.82) is 0 Å². The largest absolute Gasteiger partial charge is 0.366 e. The Bertz CT molecular complexity index is 693. The molecule has 0 atom stereocenters. The summed E-state index contributed by atoms with van der Waals surface area (Å²) in [5, 5.41) is 4.01. The Labute approximate surface area is 104 Å². The number of hydrogen-bond acceptors (Lipinski definition) is 6. The van der Waals surface area contributed by atoms with Crippen LogP contribution < -0.4 is 5.73 Å². The van der Waals surface area contributed by atoms with E-state index in [9.17, 15) is 0 Å². The number of nitrogen functional groups attached to an aromatic ring is 1. The van der Waals surface area contributed by atoms with Crippen molar-refractivity contribution in [3.8, 4) is 5.82 Å². The summed E-state index contributed by atoms with van der Waals surface area (Å²) in [6, 6.07) is 3.59. The molecule has 0 saturated heterocycles. The fourth-order valence-corrected chi connectivity index (χ4v) is 1.86. The topological polar surface area (TPSA) is 95.4 Å². The van der Waals surface area contributed by atoms with Crippen molar-refractivity contribution in [2.24, 2.45) is 0 Å². The summed E-state index contributed by atoms with van der Waals surface area (Å²) < 4.78 is 1.98. The van der Waals surface area contributed by atoms with E-state index in [0.29, 0.717) is 16.2 Å². The molecular formula is C9H6BrN7. The number of pyridine rings is 1. The van der Waals surface area contributed by atoms with Gasteiger partial charge in [0.05, 0.1) is 0 Å². The average molecular weight is 292 g/mol. The van der Waals surface area contributed by atoms with Gasteiger partial charge in [0.2, 0.25) is 10.7 Å². The first-order valence-electron chi connectivity index (χ1n) is 4.70. The van der Waals surface area contributed by atoms with Gasteiger partial charge in [-0.25, -0.2) is 9.97 Å². The minimum absolute atomic E-state index is 0.179. The molecule has 0 amide bonds. The molecule has 0 aliphatic rings. The van der Waals surface area contributed by atoms with E-state index >= 15 is 0 Å². The molecule has 3 heterocycles. The van der Waals surface area contributed by atoms with Crippen molar-refractivity contribution in [2.75, 3.05) is 5.73 Å². The Kier molecular flexibility index (Phi) is 2.22. The van der Waals surface area contributed by atoms with Gasteiger partial charge in [-0.3, -0.25) is 4.98 Å². The Morgan fingerprint density at radius 2 is 1.94 bits per heavy atom. The van der Waals surface area contributed by atoms with E-state index in [1.165, 1.54) is 4.68 Å². The quantitative estimate of drug-likeness (QED) is 0.717. The SMILES string of the molecule is Nc1nc(Br)n(-c2ccc3nccnc3n2)n1. The predicted molar refractivity (Wildman–Crippen MR) is 64.4 cm³/mol. The van der Waals surface area contributed by atoms with Gasteiger partial charge in [-0.2, -0.15) is 9.67 Å². The summed E-state index contributed by atoms with van der Waals surface area (Å²) >= 11 is 3.25. The zero-order valence-corrected chi connectivity index (χ0v) is 10.0. The summed E-state index contributed by atoms with van der Waals surface area (Å²) in [5.41, 5.74) is 6.77. The van der Waals surface area contributed by atoms with E-state index in [0.717, 1.165) is 5.52 Å². The first-order valence-corrected chi connectivity index (χ1v) is 5.49. The number of halogens is 1. The lowest BCUT2D eigenvalue weighted by molar-refractivity contribution is 0.831. The first-order chi connectivity index (χ1) is 8.24. The highest BCUT2D eigenvalue weighted by molar-refractivity contribution is 9.10. The Morgan fingerprint density at radius 3 is 2.71 bits per heavy atom. The van der Waals surface area contributed by atoms with E-state index in [1.807, 2.05) is 6.07 Å². The molecular weight excluding hydrogens is 286 g/mol. The molecule has 3 aromatic rings. The first kappa shape index (κ1) is 10.1. The van der Waals surface area contributed by atoms with Crippen LogP contribution in [0.25, 0.3) is 17.0 Å². The van der Waals surface area contributed by atoms with Crippen LogP contribution in [-0.2, 0) is 0 Å². The molecule has 84 valence electrons. The third-order valence-electron chi connectivity index (χ3n) is 2.12. The van der Waals surface area contributed by atoms with Crippen molar-refractivity contribution < 1.29 is 0 Å². The lowest BCUT2D eigenvalue weighted by Crippen LogP contribution is -2.01. The van der Waals surface area contributed by atoms with Crippen molar-refractivity contribution in [3.05, 3.63) is 29.3 Å². The summed E-state index contributed by atoms with van der Waals surface area (Å²) in [7, 11) is 0. The van der Waals surface area contributed by atoms with Crippen LogP contribution in [0.5, 0.6) is 0 Å². The maximum absolute atomic E-state index is 5.50. The Hall–Kier alpha value is -2.09. The van der Waals surface area contributed by atoms with Crippen LogP contribution in [0.4, 0.5) is 5.95 Å². The summed E-state index contributed by atoms with van der Waals surface area (Å²) in [6.07, 6.45) is 3.21. The molecule has 7 nitrogen and oxygen atoms in total. The highest BCUT2D eigenvalue weighted by Gasteiger charge is 2.09. The minimum atomic E-state index is 0.179. The highest BCUT2D eigenvalue weighted by Crippen LogP contribution is 2.15. The maximum Gasteiger partial charge on any atom is 0.240 e. The fraction of sp³-hybridized carbons (Fsp3) is 0. The van der Waals surface area contributed by atoms with Gasteiger partial charge in [0.25, 0.3) is 0 Å². The predicted octanol–water partition coefficient (Wildman–Crippen LogP) is 0.950. The van der Waals surface area contributed by atoms with Crippen LogP contribution in [-0.4, -0.2) is 29.7 Å². The number of rotatable bonds is 1. The molecule has 0 fully saturated rings. The number of anilines is 1. The molecule has 0 radical (unpaired) electrons. The van der Waals surface area contributed by atoms with Gasteiger partial charge in [0, 0.05) is 12.4 Å². The van der Waals surface area contributed by atoms with Crippen LogP contribution in [0.1, 0.15) is 0 Å². The molecule has 0 saturated carbocycles. The maximum atomic E-state index is 5.50. The molecule has 3 aromatic heterocycles. The van der Waals surface area contributed by atoms with E-state index < -0.39 is 0 Å². The molecule has 0 aliphatic carbocycles. The number of nitrogens with two attached hydrogens (primary N) is 1. The standard InChI is InChI=1S/C9H6BrN7/c10-8-15-9(11)16-17(8)6-2-1-5-7(14-6)13-4-3-12-5/h1-4H,(H2,11,16). The number of aromatic nitrogens is 6. The molecule has 3 rings (SSSR count). The van der Waals surface area contributed by atoms with Crippen LogP contribution >= 0.6 is 15.9 Å². The highest BCUT2D eigenvalue weighted by atomic mass is 79.9. The normalized spacial score (nSPS) is 10.9. The van der Waals surface area contributed by atoms with E-state index in [1.54, 1.807) is 18.5 Å². The number of hydrogen-bond donors (Lipinski definition) is 1. The lowest BCUT2D eigenvalue weighted by atomic mass is 10.4. The van der Waals surface area contributed by atoms with Crippen LogP contribution in [0.2, 0.25) is 0 Å². The molecule has 0 spiro atoms. The van der Waals surface area contributed by atoms with E-state index in [4.69, 9.17) is 5.73 Å². The van der Waals surface area contributed by atoms with Crippen LogP contribution in [0.3, 0.4) is 0 Å². The molecule has 8 heteroatoms. The van der Waals surface area contributed by atoms with Gasteiger partial charge < -0.3 is 5.73 Å². The smallest absolute Gasteiger partial charge is 0.240 e. The van der Waals surface area contributed by atoms with Gasteiger partial charge in [0.15, 0.2) is 11.5 Å². The summed E-state index contributed by atoms with van der Waals surface area (Å²) in [5.74, 6) is 0.756. The van der Waals surface area contributed by atoms with E-state index in [-0.39, 0.29) is 5.95 Å². The third-order valence-corrected chi connectivity index (χ3v) is 2.63. The number of nitrogens with zero attached hydrogens (tertiary/aromatic N) is 6. The molecule has 17 heavy (non-hydrogen) atoms. The molecule has 0 aromatic carbocycles. The molecule has 0 bridgehead atoms. The second-order valence-electron chi connectivity index (χ2n) is 3.22. The van der Waals surface area contributed by atoms with Gasteiger partial charge in [0.1, 0.15) is 5.52 Å². The van der Waals surface area contributed by atoms with Gasteiger partial charge in [-0.15, -0.1) is 5.10 Å². The zero-order valence-electron chi connectivity index (χ0n) is 8.45. The fourth-order valence-electron chi connectivity index (χ4n) is 1.42. The third kappa shape index (κ3) is 1.72. The summed E-state index contributed by atoms with van der Waals surface area (Å²) in [4.78, 5) is 16.5. The summed E-state index contributed by atoms with van der Waals surface area (Å²) in [6.45, 7) is 0. The average Bonchev–Trinajstić information content (AvgIpc) is 2.68. The second kappa shape index (κ2) is 3.74. The van der Waals surface area contributed by atoms with Gasteiger partial charge in [-0.05, 0) is 28.1 Å². The van der Waals surface area contributed by atoms with Crippen LogP contribution in [0.15, 0.2) is 29.3 Å². The van der Waals surface area contributed by atoms with E-state index in [2.05, 4.69) is 41.0 Å². The Morgan fingerprint density at radius 1 is 1.12 bits per heavy atom.